The van der Waals surface area contributed by atoms with Gasteiger partial charge in [0.2, 0.25) is 11.8 Å². The fourth-order valence-electron chi connectivity index (χ4n) is 2.32. The quantitative estimate of drug-likeness (QED) is 0.827. The summed E-state index contributed by atoms with van der Waals surface area (Å²) in [5, 5.41) is 2.63. The molecular formula is C16H18ClFN2O3. The SMILES string of the molecule is C=CC(=O)NC[C@H]1CN(C(=O)Cc2cccc(Cl)c2F)CCO1. The van der Waals surface area contributed by atoms with Crippen LogP contribution >= 0.6 is 11.6 Å². The molecule has 1 fully saturated rings. The molecule has 2 rings (SSSR count). The van der Waals surface area contributed by atoms with Gasteiger partial charge in [0.25, 0.3) is 0 Å². The van der Waals surface area contributed by atoms with E-state index in [1.165, 1.54) is 12.1 Å². The molecule has 5 nitrogen and oxygen atoms in total. The molecule has 1 aliphatic heterocycles. The van der Waals surface area contributed by atoms with Gasteiger partial charge < -0.3 is 15.0 Å². The average Bonchev–Trinajstić information content (AvgIpc) is 2.57. The second-order valence-corrected chi connectivity index (χ2v) is 5.58. The summed E-state index contributed by atoms with van der Waals surface area (Å²) in [7, 11) is 0. The number of amides is 2. The normalized spacial score (nSPS) is 17.7. The number of nitrogens with one attached hydrogen (secondary N) is 1. The van der Waals surface area contributed by atoms with Crippen molar-refractivity contribution >= 4 is 23.4 Å². The number of hydrogen-bond donors (Lipinski definition) is 1. The van der Waals surface area contributed by atoms with Gasteiger partial charge in [0.15, 0.2) is 0 Å². The first-order valence-corrected chi connectivity index (χ1v) is 7.61. The first-order chi connectivity index (χ1) is 11.0. The van der Waals surface area contributed by atoms with E-state index in [2.05, 4.69) is 11.9 Å². The number of carbonyl (C=O) groups is 2. The summed E-state index contributed by atoms with van der Waals surface area (Å²) < 4.78 is 19.4. The summed E-state index contributed by atoms with van der Waals surface area (Å²) in [5.74, 6) is -1.06. The molecule has 1 saturated heterocycles. The molecule has 0 unspecified atom stereocenters. The Hall–Kier alpha value is -1.92. The minimum absolute atomic E-state index is 0.00212. The average molecular weight is 341 g/mol. The molecule has 23 heavy (non-hydrogen) atoms. The first-order valence-electron chi connectivity index (χ1n) is 7.23. The van der Waals surface area contributed by atoms with Gasteiger partial charge in [0.05, 0.1) is 24.2 Å². The summed E-state index contributed by atoms with van der Waals surface area (Å²) in [6.07, 6.45) is 0.826. The molecule has 0 aliphatic carbocycles. The van der Waals surface area contributed by atoms with Crippen molar-refractivity contribution in [1.82, 2.24) is 10.2 Å². The van der Waals surface area contributed by atoms with Gasteiger partial charge in [-0.25, -0.2) is 4.39 Å². The Kier molecular flexibility index (Phi) is 6.12. The number of rotatable bonds is 5. The molecule has 1 aromatic rings. The molecule has 1 N–H and O–H groups in total. The monoisotopic (exact) mass is 340 g/mol. The lowest BCUT2D eigenvalue weighted by Crippen LogP contribution is -2.49. The standard InChI is InChI=1S/C16H18ClFN2O3/c1-2-14(21)19-9-12-10-20(6-7-23-12)15(22)8-11-4-3-5-13(17)16(11)18/h2-5,12H,1,6-10H2,(H,19,21)/t12-/m0/s1. The number of hydrogen-bond acceptors (Lipinski definition) is 3. The van der Waals surface area contributed by atoms with Crippen LogP contribution < -0.4 is 5.32 Å². The highest BCUT2D eigenvalue weighted by molar-refractivity contribution is 6.30. The van der Waals surface area contributed by atoms with Crippen LogP contribution in [-0.2, 0) is 20.7 Å². The molecule has 1 heterocycles. The Morgan fingerprint density at radius 2 is 2.30 bits per heavy atom. The van der Waals surface area contributed by atoms with Gasteiger partial charge in [-0.1, -0.05) is 30.3 Å². The molecule has 0 saturated carbocycles. The predicted octanol–water partition coefficient (Wildman–Crippen LogP) is 1.55. The van der Waals surface area contributed by atoms with Crippen LogP contribution in [0.3, 0.4) is 0 Å². The number of ether oxygens (including phenoxy) is 1. The molecule has 0 spiro atoms. The van der Waals surface area contributed by atoms with Crippen LogP contribution in [0.5, 0.6) is 0 Å². The lowest BCUT2D eigenvalue weighted by Gasteiger charge is -2.33. The fraction of sp³-hybridized carbons (Fsp3) is 0.375. The maximum Gasteiger partial charge on any atom is 0.243 e. The Morgan fingerprint density at radius 1 is 1.52 bits per heavy atom. The van der Waals surface area contributed by atoms with Crippen molar-refractivity contribution in [2.75, 3.05) is 26.2 Å². The van der Waals surface area contributed by atoms with Crippen molar-refractivity contribution in [2.45, 2.75) is 12.5 Å². The second-order valence-electron chi connectivity index (χ2n) is 5.17. The van der Waals surface area contributed by atoms with Crippen LogP contribution in [0.4, 0.5) is 4.39 Å². The van der Waals surface area contributed by atoms with E-state index in [9.17, 15) is 14.0 Å². The third-order valence-electron chi connectivity index (χ3n) is 3.55. The molecule has 0 radical (unpaired) electrons. The van der Waals surface area contributed by atoms with E-state index in [1.807, 2.05) is 0 Å². The van der Waals surface area contributed by atoms with E-state index >= 15 is 0 Å². The van der Waals surface area contributed by atoms with Crippen molar-refractivity contribution in [3.05, 3.63) is 47.3 Å². The summed E-state index contributed by atoms with van der Waals surface area (Å²) in [6.45, 7) is 4.81. The van der Waals surface area contributed by atoms with Gasteiger partial charge in [-0.05, 0) is 17.7 Å². The largest absolute Gasteiger partial charge is 0.373 e. The smallest absolute Gasteiger partial charge is 0.243 e. The molecule has 2 amide bonds. The van der Waals surface area contributed by atoms with E-state index in [0.29, 0.717) is 26.2 Å². The zero-order chi connectivity index (χ0) is 16.8. The molecule has 1 aliphatic rings. The zero-order valence-electron chi connectivity index (χ0n) is 12.6. The molecule has 124 valence electrons. The van der Waals surface area contributed by atoms with E-state index < -0.39 is 5.82 Å². The number of benzene rings is 1. The number of nitrogens with zero attached hydrogens (tertiary/aromatic N) is 1. The molecular weight excluding hydrogens is 323 g/mol. The van der Waals surface area contributed by atoms with Gasteiger partial charge in [-0.3, -0.25) is 9.59 Å². The topological polar surface area (TPSA) is 58.6 Å². The number of halogens is 2. The third-order valence-corrected chi connectivity index (χ3v) is 3.85. The summed E-state index contributed by atoms with van der Waals surface area (Å²) >= 11 is 5.72. The van der Waals surface area contributed by atoms with Crippen molar-refractivity contribution < 1.29 is 18.7 Å². The molecule has 0 aromatic heterocycles. The van der Waals surface area contributed by atoms with Gasteiger partial charge in [-0.2, -0.15) is 0 Å². The Labute approximate surface area is 139 Å². The lowest BCUT2D eigenvalue weighted by molar-refractivity contribution is -0.138. The minimum atomic E-state index is -0.564. The highest BCUT2D eigenvalue weighted by Crippen LogP contribution is 2.19. The molecule has 1 aromatic carbocycles. The lowest BCUT2D eigenvalue weighted by atomic mass is 10.1. The highest BCUT2D eigenvalue weighted by atomic mass is 35.5. The van der Waals surface area contributed by atoms with E-state index in [-0.39, 0.29) is 34.9 Å². The Balaban J connectivity index is 1.92. The van der Waals surface area contributed by atoms with Crippen LogP contribution in [0.2, 0.25) is 5.02 Å². The van der Waals surface area contributed by atoms with E-state index in [0.717, 1.165) is 0 Å². The van der Waals surface area contributed by atoms with Gasteiger partial charge in [-0.15, -0.1) is 0 Å². The molecule has 0 bridgehead atoms. The number of morpholine rings is 1. The third kappa shape index (κ3) is 4.77. The van der Waals surface area contributed by atoms with Crippen LogP contribution in [0.1, 0.15) is 5.56 Å². The summed E-state index contributed by atoms with van der Waals surface area (Å²) in [4.78, 5) is 25.1. The fourth-order valence-corrected chi connectivity index (χ4v) is 2.51. The van der Waals surface area contributed by atoms with Crippen molar-refractivity contribution in [1.29, 1.82) is 0 Å². The minimum Gasteiger partial charge on any atom is -0.373 e. The maximum absolute atomic E-state index is 13.9. The number of carbonyl (C=O) groups excluding carboxylic acids is 2. The van der Waals surface area contributed by atoms with Gasteiger partial charge in [0, 0.05) is 19.6 Å². The summed E-state index contributed by atoms with van der Waals surface area (Å²) in [5.41, 5.74) is 0.269. The van der Waals surface area contributed by atoms with Crippen molar-refractivity contribution in [3.8, 4) is 0 Å². The zero-order valence-corrected chi connectivity index (χ0v) is 13.3. The summed E-state index contributed by atoms with van der Waals surface area (Å²) in [6, 6.07) is 4.60. The van der Waals surface area contributed by atoms with Crippen LogP contribution in [0, 0.1) is 5.82 Å². The molecule has 1 atom stereocenters. The molecule has 7 heteroatoms. The van der Waals surface area contributed by atoms with Crippen LogP contribution in [-0.4, -0.2) is 49.1 Å². The van der Waals surface area contributed by atoms with Gasteiger partial charge in [0.1, 0.15) is 5.82 Å². The van der Waals surface area contributed by atoms with Crippen LogP contribution in [0.25, 0.3) is 0 Å². The Morgan fingerprint density at radius 3 is 3.04 bits per heavy atom. The highest BCUT2D eigenvalue weighted by Gasteiger charge is 2.25. The second kappa shape index (κ2) is 8.08. The Bertz CT molecular complexity index is 609. The van der Waals surface area contributed by atoms with Crippen molar-refractivity contribution in [2.24, 2.45) is 0 Å². The van der Waals surface area contributed by atoms with Crippen molar-refractivity contribution in [3.63, 3.8) is 0 Å². The maximum atomic E-state index is 13.9. The first kappa shape index (κ1) is 17.4. The van der Waals surface area contributed by atoms with E-state index in [1.54, 1.807) is 17.0 Å². The van der Waals surface area contributed by atoms with Crippen LogP contribution in [0.15, 0.2) is 30.9 Å². The predicted molar refractivity (Wildman–Crippen MR) is 84.6 cm³/mol. The van der Waals surface area contributed by atoms with E-state index in [4.69, 9.17) is 16.3 Å². The van der Waals surface area contributed by atoms with Gasteiger partial charge >= 0.3 is 0 Å².